The number of nitrogens with zero attached hydrogens (tertiary/aromatic N) is 2. The summed E-state index contributed by atoms with van der Waals surface area (Å²) in [5, 5.41) is 14.4. The lowest BCUT2D eigenvalue weighted by molar-refractivity contribution is 0.603. The highest BCUT2D eigenvalue weighted by molar-refractivity contribution is 5.84. The van der Waals surface area contributed by atoms with E-state index in [1.165, 1.54) is 10.9 Å². The molecular weight excluding hydrogens is 210 g/mol. The molecule has 2 aromatic rings. The highest BCUT2D eigenvalue weighted by Gasteiger charge is 2.02. The third kappa shape index (κ3) is 2.80. The van der Waals surface area contributed by atoms with Crippen molar-refractivity contribution in [2.75, 3.05) is 6.54 Å². The van der Waals surface area contributed by atoms with Crippen LogP contribution >= 0.6 is 0 Å². The Morgan fingerprint density at radius 2 is 2.29 bits per heavy atom. The fourth-order valence-electron chi connectivity index (χ4n) is 1.81. The molecule has 0 aliphatic heterocycles. The minimum atomic E-state index is 0.0478. The van der Waals surface area contributed by atoms with E-state index in [2.05, 4.69) is 28.5 Å². The van der Waals surface area contributed by atoms with E-state index in [-0.39, 0.29) is 5.92 Å². The van der Waals surface area contributed by atoms with Crippen molar-refractivity contribution in [3.05, 3.63) is 42.2 Å². The molecule has 1 unspecified atom stereocenters. The second-order valence-electron chi connectivity index (χ2n) is 4.17. The lowest BCUT2D eigenvalue weighted by atomic mass is 10.1. The van der Waals surface area contributed by atoms with Crippen molar-refractivity contribution in [1.29, 1.82) is 5.26 Å². The van der Waals surface area contributed by atoms with Gasteiger partial charge < -0.3 is 5.32 Å². The number of aromatic nitrogens is 1. The quantitative estimate of drug-likeness (QED) is 0.869. The molecule has 1 aromatic carbocycles. The Hall–Kier alpha value is -1.92. The first kappa shape index (κ1) is 11.6. The van der Waals surface area contributed by atoms with Crippen molar-refractivity contribution >= 4 is 10.8 Å². The van der Waals surface area contributed by atoms with Gasteiger partial charge in [0.25, 0.3) is 0 Å². The minimum Gasteiger partial charge on any atom is -0.311 e. The van der Waals surface area contributed by atoms with Gasteiger partial charge in [0.1, 0.15) is 0 Å². The summed E-state index contributed by atoms with van der Waals surface area (Å²) in [5.41, 5.74) is 1.25. The fourth-order valence-corrected chi connectivity index (χ4v) is 1.81. The highest BCUT2D eigenvalue weighted by Crippen LogP contribution is 2.17. The molecule has 0 spiro atoms. The average molecular weight is 225 g/mol. The van der Waals surface area contributed by atoms with Gasteiger partial charge in [0, 0.05) is 30.9 Å². The third-order valence-corrected chi connectivity index (χ3v) is 2.76. The second-order valence-corrected chi connectivity index (χ2v) is 4.17. The molecule has 17 heavy (non-hydrogen) atoms. The maximum Gasteiger partial charge on any atom is 0.0666 e. The molecule has 86 valence electrons. The third-order valence-electron chi connectivity index (χ3n) is 2.76. The van der Waals surface area contributed by atoms with Gasteiger partial charge in [0.2, 0.25) is 0 Å². The van der Waals surface area contributed by atoms with Crippen LogP contribution in [0.4, 0.5) is 0 Å². The van der Waals surface area contributed by atoms with E-state index in [0.29, 0.717) is 0 Å². The number of nitriles is 1. The lowest BCUT2D eigenvalue weighted by Crippen LogP contribution is -2.19. The second kappa shape index (κ2) is 5.42. The van der Waals surface area contributed by atoms with Crippen LogP contribution < -0.4 is 5.32 Å². The normalized spacial score (nSPS) is 12.2. The van der Waals surface area contributed by atoms with E-state index in [0.717, 1.165) is 18.5 Å². The van der Waals surface area contributed by atoms with E-state index < -0.39 is 0 Å². The Morgan fingerprint density at radius 1 is 1.41 bits per heavy atom. The first-order valence-electron chi connectivity index (χ1n) is 5.73. The van der Waals surface area contributed by atoms with Crippen LogP contribution in [0.2, 0.25) is 0 Å². The van der Waals surface area contributed by atoms with E-state index in [1.807, 2.05) is 31.5 Å². The van der Waals surface area contributed by atoms with Crippen molar-refractivity contribution in [2.24, 2.45) is 5.92 Å². The van der Waals surface area contributed by atoms with E-state index in [9.17, 15) is 0 Å². The van der Waals surface area contributed by atoms with Crippen LogP contribution in [-0.2, 0) is 6.54 Å². The number of benzene rings is 1. The summed E-state index contributed by atoms with van der Waals surface area (Å²) < 4.78 is 0. The van der Waals surface area contributed by atoms with E-state index in [1.54, 1.807) is 0 Å². The Labute approximate surface area is 101 Å². The van der Waals surface area contributed by atoms with Crippen LogP contribution in [-0.4, -0.2) is 11.5 Å². The first-order valence-corrected chi connectivity index (χ1v) is 5.73. The molecule has 1 N–H and O–H groups in total. The Bertz CT molecular complexity index is 537. The molecule has 1 heterocycles. The van der Waals surface area contributed by atoms with E-state index in [4.69, 9.17) is 5.26 Å². The van der Waals surface area contributed by atoms with Crippen LogP contribution in [0.3, 0.4) is 0 Å². The lowest BCUT2D eigenvalue weighted by Gasteiger charge is -2.08. The number of hydrogen-bond donors (Lipinski definition) is 1. The molecule has 2 rings (SSSR count). The topological polar surface area (TPSA) is 48.7 Å². The summed E-state index contributed by atoms with van der Waals surface area (Å²) in [5.74, 6) is 0.0478. The number of rotatable bonds is 4. The maximum absolute atomic E-state index is 8.71. The van der Waals surface area contributed by atoms with Gasteiger partial charge in [0.05, 0.1) is 12.0 Å². The van der Waals surface area contributed by atoms with Crippen molar-refractivity contribution in [2.45, 2.75) is 13.5 Å². The summed E-state index contributed by atoms with van der Waals surface area (Å²) in [4.78, 5) is 4.11. The van der Waals surface area contributed by atoms with Crippen molar-refractivity contribution in [3.63, 3.8) is 0 Å². The molecule has 1 aromatic heterocycles. The number of fused-ring (bicyclic) bond motifs is 1. The summed E-state index contributed by atoms with van der Waals surface area (Å²) in [6.07, 6.45) is 3.68. The number of nitrogens with one attached hydrogen (secondary N) is 1. The Kier molecular flexibility index (Phi) is 3.69. The van der Waals surface area contributed by atoms with Crippen LogP contribution in [0.5, 0.6) is 0 Å². The van der Waals surface area contributed by atoms with Gasteiger partial charge in [-0.05, 0) is 23.9 Å². The maximum atomic E-state index is 8.71. The molecule has 0 saturated heterocycles. The van der Waals surface area contributed by atoms with Gasteiger partial charge >= 0.3 is 0 Å². The number of pyridine rings is 1. The summed E-state index contributed by atoms with van der Waals surface area (Å²) >= 11 is 0. The summed E-state index contributed by atoms with van der Waals surface area (Å²) in [7, 11) is 0. The molecule has 0 amide bonds. The van der Waals surface area contributed by atoms with Gasteiger partial charge in [-0.25, -0.2) is 0 Å². The number of hydrogen-bond acceptors (Lipinski definition) is 3. The van der Waals surface area contributed by atoms with Crippen LogP contribution in [0.15, 0.2) is 36.7 Å². The molecule has 0 bridgehead atoms. The fraction of sp³-hybridized carbons (Fsp3) is 0.286. The molecule has 3 heteroatoms. The molecule has 0 radical (unpaired) electrons. The van der Waals surface area contributed by atoms with Crippen molar-refractivity contribution in [3.8, 4) is 6.07 Å². The van der Waals surface area contributed by atoms with Crippen molar-refractivity contribution in [1.82, 2.24) is 10.3 Å². The standard InChI is InChI=1S/C14H15N3/c1-11(7-15)8-17-10-13-4-2-3-12-9-16-6-5-14(12)13/h2-6,9,11,17H,8,10H2,1H3. The molecule has 1 atom stereocenters. The minimum absolute atomic E-state index is 0.0478. The van der Waals surface area contributed by atoms with Crippen molar-refractivity contribution < 1.29 is 0 Å². The van der Waals surface area contributed by atoms with Gasteiger partial charge in [-0.15, -0.1) is 0 Å². The molecule has 0 fully saturated rings. The highest BCUT2D eigenvalue weighted by atomic mass is 14.9. The molecule has 0 saturated carbocycles. The monoisotopic (exact) mass is 225 g/mol. The molecule has 0 aliphatic carbocycles. The van der Waals surface area contributed by atoms with Gasteiger partial charge in [-0.3, -0.25) is 4.98 Å². The SMILES string of the molecule is CC(C#N)CNCc1cccc2cnccc12. The van der Waals surface area contributed by atoms with Gasteiger partial charge in [-0.2, -0.15) is 5.26 Å². The predicted octanol–water partition coefficient (Wildman–Crippen LogP) is 2.48. The Balaban J connectivity index is 2.11. The van der Waals surface area contributed by atoms with Gasteiger partial charge in [-0.1, -0.05) is 18.2 Å². The van der Waals surface area contributed by atoms with Crippen LogP contribution in [0.25, 0.3) is 10.8 Å². The first-order chi connectivity index (χ1) is 8.31. The van der Waals surface area contributed by atoms with Gasteiger partial charge in [0.15, 0.2) is 0 Å². The molecular formula is C14H15N3. The Morgan fingerprint density at radius 3 is 3.12 bits per heavy atom. The zero-order valence-corrected chi connectivity index (χ0v) is 9.85. The zero-order chi connectivity index (χ0) is 12.1. The van der Waals surface area contributed by atoms with E-state index >= 15 is 0 Å². The zero-order valence-electron chi connectivity index (χ0n) is 9.85. The molecule has 0 aliphatic rings. The summed E-state index contributed by atoms with van der Waals surface area (Å²) in [6, 6.07) is 10.4. The average Bonchev–Trinajstić information content (AvgIpc) is 2.39. The summed E-state index contributed by atoms with van der Waals surface area (Å²) in [6.45, 7) is 3.42. The smallest absolute Gasteiger partial charge is 0.0666 e. The predicted molar refractivity (Wildman–Crippen MR) is 68.2 cm³/mol. The van der Waals surface area contributed by atoms with Crippen LogP contribution in [0.1, 0.15) is 12.5 Å². The largest absolute Gasteiger partial charge is 0.311 e. The molecule has 3 nitrogen and oxygen atoms in total. The van der Waals surface area contributed by atoms with Crippen LogP contribution in [0, 0.1) is 17.2 Å².